The number of nitrogens with one attached hydrogen (secondary N) is 2. The van der Waals surface area contributed by atoms with E-state index >= 15 is 0 Å². The smallest absolute Gasteiger partial charge is 0.136 e. The van der Waals surface area contributed by atoms with Gasteiger partial charge >= 0.3 is 0 Å². The minimum Gasteiger partial charge on any atom is -0.365 e. The van der Waals surface area contributed by atoms with E-state index in [0.717, 1.165) is 27.6 Å². The third-order valence-electron chi connectivity index (χ3n) is 2.44. The lowest BCUT2D eigenvalue weighted by atomic mass is 10.1. The summed E-state index contributed by atoms with van der Waals surface area (Å²) in [6.45, 7) is 8.20. The Balaban J connectivity index is 2.24. The van der Waals surface area contributed by atoms with Crippen LogP contribution in [-0.4, -0.2) is 15.5 Å². The van der Waals surface area contributed by atoms with Crippen molar-refractivity contribution in [3.63, 3.8) is 0 Å². The summed E-state index contributed by atoms with van der Waals surface area (Å²) in [5.41, 5.74) is 0.951. The fraction of sp³-hybridized carbons (Fsp3) is 0.333. The SMILES string of the molecule is Cc1nc(Nc2cccc(Br)c2)cc(NC(C)(C)C)n1. The second kappa shape index (κ2) is 5.79. The highest BCUT2D eigenvalue weighted by Crippen LogP contribution is 2.21. The number of halogens is 1. The quantitative estimate of drug-likeness (QED) is 0.867. The predicted molar refractivity (Wildman–Crippen MR) is 87.6 cm³/mol. The summed E-state index contributed by atoms with van der Waals surface area (Å²) in [4.78, 5) is 8.82. The zero-order valence-electron chi connectivity index (χ0n) is 12.2. The first kappa shape index (κ1) is 14.8. The number of nitrogens with zero attached hydrogens (tertiary/aromatic N) is 2. The van der Waals surface area contributed by atoms with Crippen molar-refractivity contribution < 1.29 is 0 Å². The van der Waals surface area contributed by atoms with Crippen molar-refractivity contribution in [2.75, 3.05) is 10.6 Å². The average molecular weight is 335 g/mol. The van der Waals surface area contributed by atoms with Gasteiger partial charge in [-0.25, -0.2) is 9.97 Å². The van der Waals surface area contributed by atoms with Gasteiger partial charge in [0.2, 0.25) is 0 Å². The molecule has 2 aromatic rings. The van der Waals surface area contributed by atoms with E-state index in [2.05, 4.69) is 57.3 Å². The molecule has 0 radical (unpaired) electrons. The summed E-state index contributed by atoms with van der Waals surface area (Å²) in [7, 11) is 0. The number of aryl methyl sites for hydroxylation is 1. The molecule has 0 aliphatic rings. The molecular weight excluding hydrogens is 316 g/mol. The zero-order valence-corrected chi connectivity index (χ0v) is 13.7. The topological polar surface area (TPSA) is 49.8 Å². The van der Waals surface area contributed by atoms with E-state index in [1.807, 2.05) is 37.3 Å². The molecule has 0 saturated carbocycles. The van der Waals surface area contributed by atoms with E-state index in [-0.39, 0.29) is 5.54 Å². The molecule has 20 heavy (non-hydrogen) atoms. The van der Waals surface area contributed by atoms with Gasteiger partial charge in [0.1, 0.15) is 17.5 Å². The van der Waals surface area contributed by atoms with Crippen LogP contribution in [0.2, 0.25) is 0 Å². The van der Waals surface area contributed by atoms with Crippen molar-refractivity contribution in [2.45, 2.75) is 33.2 Å². The summed E-state index contributed by atoms with van der Waals surface area (Å²) in [6.07, 6.45) is 0. The van der Waals surface area contributed by atoms with Crippen molar-refractivity contribution in [1.82, 2.24) is 9.97 Å². The molecule has 0 amide bonds. The van der Waals surface area contributed by atoms with Gasteiger partial charge in [-0.1, -0.05) is 22.0 Å². The number of anilines is 3. The largest absolute Gasteiger partial charge is 0.365 e. The molecule has 0 atom stereocenters. The van der Waals surface area contributed by atoms with E-state index in [4.69, 9.17) is 0 Å². The van der Waals surface area contributed by atoms with Crippen molar-refractivity contribution in [2.24, 2.45) is 0 Å². The zero-order chi connectivity index (χ0) is 14.8. The van der Waals surface area contributed by atoms with Gasteiger partial charge in [0.15, 0.2) is 0 Å². The number of aromatic nitrogens is 2. The number of hydrogen-bond donors (Lipinski definition) is 2. The van der Waals surface area contributed by atoms with E-state index in [1.165, 1.54) is 0 Å². The molecule has 2 N–H and O–H groups in total. The van der Waals surface area contributed by atoms with Gasteiger partial charge in [0.25, 0.3) is 0 Å². The minimum atomic E-state index is -0.0339. The minimum absolute atomic E-state index is 0.0339. The lowest BCUT2D eigenvalue weighted by Crippen LogP contribution is -2.26. The van der Waals surface area contributed by atoms with Crippen LogP contribution in [0.4, 0.5) is 17.3 Å². The second-order valence-electron chi connectivity index (χ2n) is 5.70. The highest BCUT2D eigenvalue weighted by atomic mass is 79.9. The maximum Gasteiger partial charge on any atom is 0.136 e. The molecule has 1 aromatic carbocycles. The molecule has 0 spiro atoms. The Morgan fingerprint density at radius 2 is 1.75 bits per heavy atom. The van der Waals surface area contributed by atoms with Crippen LogP contribution in [0.1, 0.15) is 26.6 Å². The third kappa shape index (κ3) is 4.49. The van der Waals surface area contributed by atoms with Gasteiger partial charge in [-0.05, 0) is 45.9 Å². The first-order chi connectivity index (χ1) is 9.32. The Morgan fingerprint density at radius 3 is 2.40 bits per heavy atom. The van der Waals surface area contributed by atoms with Gasteiger partial charge in [-0.3, -0.25) is 0 Å². The van der Waals surface area contributed by atoms with Gasteiger partial charge in [-0.15, -0.1) is 0 Å². The fourth-order valence-corrected chi connectivity index (χ4v) is 2.19. The lowest BCUT2D eigenvalue weighted by Gasteiger charge is -2.21. The second-order valence-corrected chi connectivity index (χ2v) is 6.61. The average Bonchev–Trinajstić information content (AvgIpc) is 2.25. The summed E-state index contributed by atoms with van der Waals surface area (Å²) in [6, 6.07) is 9.89. The van der Waals surface area contributed by atoms with Crippen LogP contribution in [0.25, 0.3) is 0 Å². The summed E-state index contributed by atoms with van der Waals surface area (Å²) < 4.78 is 1.03. The molecular formula is C15H19BrN4. The van der Waals surface area contributed by atoms with Gasteiger partial charge < -0.3 is 10.6 Å². The molecule has 106 valence electrons. The Bertz CT molecular complexity index is 605. The van der Waals surface area contributed by atoms with Crippen molar-refractivity contribution in [3.8, 4) is 0 Å². The molecule has 0 saturated heterocycles. The summed E-state index contributed by atoms with van der Waals surface area (Å²) >= 11 is 3.46. The van der Waals surface area contributed by atoms with Crippen LogP contribution in [-0.2, 0) is 0 Å². The van der Waals surface area contributed by atoms with E-state index in [9.17, 15) is 0 Å². The Morgan fingerprint density at radius 1 is 1.05 bits per heavy atom. The van der Waals surface area contributed by atoms with Crippen LogP contribution in [0.5, 0.6) is 0 Å². The Labute approximate surface area is 128 Å². The molecule has 5 heteroatoms. The fourth-order valence-electron chi connectivity index (χ4n) is 1.79. The van der Waals surface area contributed by atoms with Crippen LogP contribution in [0.15, 0.2) is 34.8 Å². The Kier molecular flexibility index (Phi) is 4.28. The van der Waals surface area contributed by atoms with Crippen molar-refractivity contribution in [1.29, 1.82) is 0 Å². The normalized spacial score (nSPS) is 11.2. The first-order valence-electron chi connectivity index (χ1n) is 6.48. The number of rotatable bonds is 3. The van der Waals surface area contributed by atoms with Crippen LogP contribution >= 0.6 is 15.9 Å². The van der Waals surface area contributed by atoms with E-state index in [1.54, 1.807) is 0 Å². The maximum absolute atomic E-state index is 4.41. The van der Waals surface area contributed by atoms with Crippen LogP contribution in [0.3, 0.4) is 0 Å². The Hall–Kier alpha value is -1.62. The predicted octanol–water partition coefficient (Wildman–Crippen LogP) is 4.50. The van der Waals surface area contributed by atoms with Gasteiger partial charge in [-0.2, -0.15) is 0 Å². The number of hydrogen-bond acceptors (Lipinski definition) is 4. The molecule has 1 heterocycles. The molecule has 0 bridgehead atoms. The molecule has 1 aromatic heterocycles. The summed E-state index contributed by atoms with van der Waals surface area (Å²) in [5.74, 6) is 2.33. The van der Waals surface area contributed by atoms with Crippen molar-refractivity contribution in [3.05, 3.63) is 40.6 Å². The molecule has 0 unspecified atom stereocenters. The van der Waals surface area contributed by atoms with E-state index in [0.29, 0.717) is 0 Å². The highest BCUT2D eigenvalue weighted by molar-refractivity contribution is 9.10. The van der Waals surface area contributed by atoms with Gasteiger partial charge in [0, 0.05) is 21.8 Å². The molecule has 0 aliphatic carbocycles. The monoisotopic (exact) mass is 334 g/mol. The summed E-state index contributed by atoms with van der Waals surface area (Å²) in [5, 5.41) is 6.65. The third-order valence-corrected chi connectivity index (χ3v) is 2.93. The molecule has 0 aliphatic heterocycles. The molecule has 2 rings (SSSR count). The molecule has 0 fully saturated rings. The van der Waals surface area contributed by atoms with Crippen molar-refractivity contribution >= 4 is 33.3 Å². The number of benzene rings is 1. The first-order valence-corrected chi connectivity index (χ1v) is 7.28. The standard InChI is InChI=1S/C15H19BrN4/c1-10-17-13(9-14(18-10)20-15(2,3)4)19-12-7-5-6-11(16)8-12/h5-9H,1-4H3,(H2,17,18,19,20). The highest BCUT2D eigenvalue weighted by Gasteiger charge is 2.11. The van der Waals surface area contributed by atoms with Gasteiger partial charge in [0.05, 0.1) is 0 Å². The maximum atomic E-state index is 4.41. The van der Waals surface area contributed by atoms with Crippen LogP contribution in [0, 0.1) is 6.92 Å². The molecule has 4 nitrogen and oxygen atoms in total. The lowest BCUT2D eigenvalue weighted by molar-refractivity contribution is 0.629. The van der Waals surface area contributed by atoms with Crippen LogP contribution < -0.4 is 10.6 Å². The van der Waals surface area contributed by atoms with E-state index < -0.39 is 0 Å².